The monoisotopic (exact) mass is 878 g/mol. The summed E-state index contributed by atoms with van der Waals surface area (Å²) in [5, 5.41) is 10.0. The first-order valence-electron chi connectivity index (χ1n) is 26.8. The lowest BCUT2D eigenvalue weighted by atomic mass is 10.1. The predicted molar refractivity (Wildman–Crippen MR) is 271 cm³/mol. The van der Waals surface area contributed by atoms with Crippen molar-refractivity contribution in [1.29, 1.82) is 0 Å². The number of likely N-dealkylation sites (N-methyl/N-ethyl adjacent to an activating group) is 1. The van der Waals surface area contributed by atoms with Crippen LogP contribution in [0.4, 0.5) is 0 Å². The van der Waals surface area contributed by atoms with E-state index in [0.717, 1.165) is 82.5 Å². The third-order valence-electron chi connectivity index (χ3n) is 12.1. The summed E-state index contributed by atoms with van der Waals surface area (Å²) >= 11 is 0. The van der Waals surface area contributed by atoms with E-state index in [1.165, 1.54) is 167 Å². The second kappa shape index (κ2) is 49.1. The molecule has 0 spiro atoms. The second-order valence-corrected chi connectivity index (χ2v) is 18.9. The van der Waals surface area contributed by atoms with Gasteiger partial charge < -0.3 is 41.4 Å². The van der Waals surface area contributed by atoms with Gasteiger partial charge in [0.25, 0.3) is 0 Å². The van der Waals surface area contributed by atoms with E-state index in [9.17, 15) is 4.79 Å². The number of carbonyl (C=O) groups is 1. The minimum absolute atomic E-state index is 0.0446. The second-order valence-electron chi connectivity index (χ2n) is 18.9. The molecule has 0 heterocycles. The third-order valence-corrected chi connectivity index (χ3v) is 12.1. The SMILES string of the molecule is CCCCCCCC/C=C\CCCCCCCCOCC(C[N+](C)(C)CCNC(=O)C(CCNCCCN)NCCCN)OCCCCCCCC/C=C\CCCCCCCC. The van der Waals surface area contributed by atoms with Crippen molar-refractivity contribution >= 4 is 5.91 Å². The van der Waals surface area contributed by atoms with Gasteiger partial charge in [0, 0.05) is 13.2 Å². The number of nitrogens with one attached hydrogen (secondary N) is 3. The van der Waals surface area contributed by atoms with Crippen molar-refractivity contribution in [3.8, 4) is 0 Å². The Morgan fingerprint density at radius 1 is 0.548 bits per heavy atom. The number of allylic oxidation sites excluding steroid dienone is 4. The van der Waals surface area contributed by atoms with Crippen LogP contribution in [0.1, 0.15) is 213 Å². The van der Waals surface area contributed by atoms with Gasteiger partial charge >= 0.3 is 0 Å². The van der Waals surface area contributed by atoms with Crippen molar-refractivity contribution in [3.05, 3.63) is 24.3 Å². The molecule has 0 saturated carbocycles. The van der Waals surface area contributed by atoms with Crippen LogP contribution in [-0.4, -0.2) is 109 Å². The first-order valence-corrected chi connectivity index (χ1v) is 26.8. The lowest BCUT2D eigenvalue weighted by Crippen LogP contribution is -2.53. The number of hydrogen-bond donors (Lipinski definition) is 5. The van der Waals surface area contributed by atoms with Crippen LogP contribution in [-0.2, 0) is 14.3 Å². The fourth-order valence-corrected chi connectivity index (χ4v) is 7.97. The van der Waals surface area contributed by atoms with Gasteiger partial charge in [-0.25, -0.2) is 0 Å². The zero-order chi connectivity index (χ0) is 45.3. The Morgan fingerprint density at radius 3 is 1.50 bits per heavy atom. The summed E-state index contributed by atoms with van der Waals surface area (Å²) < 4.78 is 13.6. The number of carbonyl (C=O) groups excluding carboxylic acids is 1. The summed E-state index contributed by atoms with van der Waals surface area (Å²) in [5.41, 5.74) is 11.4. The number of amides is 1. The number of rotatable bonds is 51. The lowest BCUT2D eigenvalue weighted by molar-refractivity contribution is -0.892. The van der Waals surface area contributed by atoms with Crippen molar-refractivity contribution in [3.63, 3.8) is 0 Å². The average Bonchev–Trinajstić information content (AvgIpc) is 3.26. The van der Waals surface area contributed by atoms with Crippen LogP contribution >= 0.6 is 0 Å². The molecule has 0 bridgehead atoms. The number of unbranched alkanes of at least 4 members (excludes halogenated alkanes) is 24. The molecule has 1 amide bonds. The van der Waals surface area contributed by atoms with Crippen LogP contribution in [0.25, 0.3) is 0 Å². The molecule has 2 unspecified atom stereocenters. The van der Waals surface area contributed by atoms with E-state index in [2.05, 4.69) is 68.2 Å². The summed E-state index contributed by atoms with van der Waals surface area (Å²) in [4.78, 5) is 13.2. The molecule has 0 aromatic heterocycles. The third kappa shape index (κ3) is 45.2. The highest BCUT2D eigenvalue weighted by Gasteiger charge is 2.24. The van der Waals surface area contributed by atoms with Crippen LogP contribution in [0.5, 0.6) is 0 Å². The van der Waals surface area contributed by atoms with E-state index in [-0.39, 0.29) is 18.1 Å². The number of nitrogens with zero attached hydrogens (tertiary/aromatic N) is 1. The van der Waals surface area contributed by atoms with Gasteiger partial charge in [-0.2, -0.15) is 0 Å². The van der Waals surface area contributed by atoms with Crippen LogP contribution < -0.4 is 27.4 Å². The molecule has 7 N–H and O–H groups in total. The summed E-state index contributed by atoms with van der Waals surface area (Å²) in [6.07, 6.45) is 49.0. The van der Waals surface area contributed by atoms with Gasteiger partial charge in [-0.1, -0.05) is 154 Å². The number of nitrogens with two attached hydrogens (primary N) is 2. The molecule has 0 fully saturated rings. The minimum Gasteiger partial charge on any atom is -0.379 e. The molecule has 368 valence electrons. The quantitative estimate of drug-likeness (QED) is 0.0234. The maximum atomic E-state index is 13.2. The Kier molecular flexibility index (Phi) is 48.1. The summed E-state index contributed by atoms with van der Waals surface area (Å²) in [7, 11) is 4.49. The minimum atomic E-state index is -0.231. The van der Waals surface area contributed by atoms with Gasteiger partial charge in [0.15, 0.2) is 0 Å². The van der Waals surface area contributed by atoms with Crippen LogP contribution in [0.2, 0.25) is 0 Å². The van der Waals surface area contributed by atoms with E-state index in [1.54, 1.807) is 0 Å². The normalized spacial score (nSPS) is 13.2. The molecule has 0 aliphatic carbocycles. The average molecular weight is 878 g/mol. The van der Waals surface area contributed by atoms with Crippen molar-refractivity contribution in [1.82, 2.24) is 16.0 Å². The van der Waals surface area contributed by atoms with Crippen molar-refractivity contribution in [2.45, 2.75) is 225 Å². The summed E-state index contributed by atoms with van der Waals surface area (Å²) in [5.74, 6) is 0.0642. The molecule has 0 aliphatic heterocycles. The fraction of sp³-hybridized carbons (Fsp3) is 0.906. The Balaban J connectivity index is 4.61. The Hall–Kier alpha value is -1.33. The van der Waals surface area contributed by atoms with Crippen molar-refractivity contribution in [2.75, 3.05) is 86.3 Å². The first kappa shape index (κ1) is 60.7. The largest absolute Gasteiger partial charge is 0.379 e. The fourth-order valence-electron chi connectivity index (χ4n) is 7.97. The highest BCUT2D eigenvalue weighted by Crippen LogP contribution is 2.13. The maximum absolute atomic E-state index is 13.2. The molecule has 9 heteroatoms. The van der Waals surface area contributed by atoms with Gasteiger partial charge in [0.1, 0.15) is 12.6 Å². The Bertz CT molecular complexity index is 964. The molecule has 0 saturated heterocycles. The van der Waals surface area contributed by atoms with Gasteiger partial charge in [-0.3, -0.25) is 4.79 Å². The molecule has 0 aromatic rings. The Morgan fingerprint density at radius 2 is 1.00 bits per heavy atom. The highest BCUT2D eigenvalue weighted by atomic mass is 16.5. The number of hydrogen-bond acceptors (Lipinski definition) is 7. The molecule has 0 aliphatic rings. The van der Waals surface area contributed by atoms with Gasteiger partial charge in [-0.05, 0) is 116 Å². The molecule has 2 atom stereocenters. The predicted octanol–water partition coefficient (Wildman–Crippen LogP) is 11.3. The van der Waals surface area contributed by atoms with Gasteiger partial charge in [0.2, 0.25) is 5.91 Å². The van der Waals surface area contributed by atoms with E-state index >= 15 is 0 Å². The molecule has 0 aromatic carbocycles. The zero-order valence-electron chi connectivity index (χ0n) is 42.0. The van der Waals surface area contributed by atoms with E-state index in [0.29, 0.717) is 26.2 Å². The molecular weight excluding hydrogens is 769 g/mol. The molecule has 0 radical (unpaired) electrons. The summed E-state index contributed by atoms with van der Waals surface area (Å²) in [6, 6.07) is -0.231. The first-order chi connectivity index (χ1) is 30.4. The van der Waals surface area contributed by atoms with Gasteiger partial charge in [-0.15, -0.1) is 0 Å². The van der Waals surface area contributed by atoms with Crippen LogP contribution in [0.15, 0.2) is 24.3 Å². The van der Waals surface area contributed by atoms with E-state index < -0.39 is 0 Å². The van der Waals surface area contributed by atoms with Crippen molar-refractivity contribution in [2.24, 2.45) is 11.5 Å². The standard InChI is InChI=1S/C53H108N6O3/c1-5-7-9-11-13-15-17-19-21-23-25-27-29-31-33-35-47-61-50-51(62-48-36-34-32-30-28-26-24-22-20-18-16-14-12-10-8-6-2)49-59(3,4)46-45-58-53(60)52(57-43-38-41-55)39-44-56-42-37-40-54/h19-22,51-52,56-57H,5-18,23-50,54-55H2,1-4H3/p+1/b21-19-,22-20-. The highest BCUT2D eigenvalue weighted by molar-refractivity contribution is 5.81. The van der Waals surface area contributed by atoms with Crippen LogP contribution in [0.3, 0.4) is 0 Å². The molecule has 0 rings (SSSR count). The van der Waals surface area contributed by atoms with Crippen molar-refractivity contribution < 1.29 is 18.8 Å². The number of ether oxygens (including phenoxy) is 2. The molecule has 62 heavy (non-hydrogen) atoms. The molecular formula is C53H109N6O3+. The topological polar surface area (TPSA) is 124 Å². The maximum Gasteiger partial charge on any atom is 0.237 e. The zero-order valence-corrected chi connectivity index (χ0v) is 42.0. The van der Waals surface area contributed by atoms with Gasteiger partial charge in [0.05, 0.1) is 39.8 Å². The lowest BCUT2D eigenvalue weighted by Gasteiger charge is -2.33. The Labute approximate surface area is 386 Å². The summed E-state index contributed by atoms with van der Waals surface area (Å²) in [6.45, 7) is 12.8. The molecule has 9 nitrogen and oxygen atoms in total. The number of quaternary nitrogens is 1. The van der Waals surface area contributed by atoms with Crippen LogP contribution in [0, 0.1) is 0 Å². The van der Waals surface area contributed by atoms with E-state index in [4.69, 9.17) is 20.9 Å². The van der Waals surface area contributed by atoms with E-state index in [1.807, 2.05) is 0 Å². The smallest absolute Gasteiger partial charge is 0.237 e.